The third-order valence-electron chi connectivity index (χ3n) is 4.34. The highest BCUT2D eigenvalue weighted by Crippen LogP contribution is 2.40. The summed E-state index contributed by atoms with van der Waals surface area (Å²) in [6, 6.07) is 0.205. The van der Waals surface area contributed by atoms with Crippen molar-refractivity contribution in [2.45, 2.75) is 49.8 Å². The average molecular weight is 244 g/mol. The van der Waals surface area contributed by atoms with Gasteiger partial charge in [-0.15, -0.1) is 0 Å². The van der Waals surface area contributed by atoms with Crippen molar-refractivity contribution >= 4 is 10.0 Å². The van der Waals surface area contributed by atoms with E-state index >= 15 is 0 Å². The smallest absolute Gasteiger partial charge is 0.214 e. The predicted molar refractivity (Wildman–Crippen MR) is 62.6 cm³/mol. The monoisotopic (exact) mass is 244 g/mol. The molecule has 1 saturated heterocycles. The first-order chi connectivity index (χ1) is 7.60. The van der Waals surface area contributed by atoms with Crippen LogP contribution >= 0.6 is 0 Å². The molecule has 3 aliphatic rings. The van der Waals surface area contributed by atoms with Crippen molar-refractivity contribution in [1.29, 1.82) is 0 Å². The van der Waals surface area contributed by atoms with Crippen molar-refractivity contribution in [3.63, 3.8) is 0 Å². The first-order valence-corrected chi connectivity index (χ1v) is 7.86. The Morgan fingerprint density at radius 3 is 2.12 bits per heavy atom. The third-order valence-corrected chi connectivity index (χ3v) is 6.35. The van der Waals surface area contributed by atoms with Crippen LogP contribution in [0.2, 0.25) is 0 Å². The van der Waals surface area contributed by atoms with Crippen LogP contribution in [0.4, 0.5) is 0 Å². The van der Waals surface area contributed by atoms with E-state index in [1.165, 1.54) is 12.8 Å². The van der Waals surface area contributed by atoms with Gasteiger partial charge < -0.3 is 5.32 Å². The van der Waals surface area contributed by atoms with E-state index in [1.807, 2.05) is 0 Å². The SMILES string of the molecule is O=S(=O)(NC1CCC2(CC1)CNC2)C1CC1. The van der Waals surface area contributed by atoms with Gasteiger partial charge in [-0.05, 0) is 43.9 Å². The van der Waals surface area contributed by atoms with E-state index in [-0.39, 0.29) is 11.3 Å². The zero-order valence-electron chi connectivity index (χ0n) is 9.54. The molecule has 0 atom stereocenters. The zero-order valence-corrected chi connectivity index (χ0v) is 10.4. The van der Waals surface area contributed by atoms with Crippen molar-refractivity contribution in [3.8, 4) is 0 Å². The van der Waals surface area contributed by atoms with E-state index in [4.69, 9.17) is 0 Å². The van der Waals surface area contributed by atoms with Gasteiger partial charge in [-0.2, -0.15) is 0 Å². The molecule has 0 amide bonds. The van der Waals surface area contributed by atoms with Crippen LogP contribution in [-0.2, 0) is 10.0 Å². The lowest BCUT2D eigenvalue weighted by molar-refractivity contribution is 0.0956. The number of hydrogen-bond donors (Lipinski definition) is 2. The second-order valence-electron chi connectivity index (χ2n) is 5.74. The van der Waals surface area contributed by atoms with Crippen LogP contribution < -0.4 is 10.0 Å². The summed E-state index contributed by atoms with van der Waals surface area (Å²) in [7, 11) is -2.98. The van der Waals surface area contributed by atoms with Gasteiger partial charge in [0.15, 0.2) is 0 Å². The van der Waals surface area contributed by atoms with Crippen LogP contribution in [0.1, 0.15) is 38.5 Å². The van der Waals surface area contributed by atoms with Crippen LogP contribution in [-0.4, -0.2) is 32.8 Å². The van der Waals surface area contributed by atoms with Crippen molar-refractivity contribution in [2.24, 2.45) is 5.41 Å². The highest BCUT2D eigenvalue weighted by Gasteiger charge is 2.42. The molecule has 1 aliphatic heterocycles. The highest BCUT2D eigenvalue weighted by molar-refractivity contribution is 7.90. The molecule has 3 fully saturated rings. The van der Waals surface area contributed by atoms with E-state index in [0.29, 0.717) is 5.41 Å². The topological polar surface area (TPSA) is 58.2 Å². The maximum absolute atomic E-state index is 11.8. The van der Waals surface area contributed by atoms with E-state index in [2.05, 4.69) is 10.0 Å². The van der Waals surface area contributed by atoms with Gasteiger partial charge in [-0.25, -0.2) is 13.1 Å². The number of nitrogens with one attached hydrogen (secondary N) is 2. The molecule has 0 aromatic rings. The molecule has 1 heterocycles. The fraction of sp³-hybridized carbons (Fsp3) is 1.00. The molecule has 0 aromatic heterocycles. The molecule has 2 saturated carbocycles. The molecule has 1 spiro atoms. The molecule has 4 nitrogen and oxygen atoms in total. The Morgan fingerprint density at radius 2 is 1.69 bits per heavy atom. The van der Waals surface area contributed by atoms with Crippen LogP contribution in [0.15, 0.2) is 0 Å². The fourth-order valence-corrected chi connectivity index (χ4v) is 4.54. The van der Waals surface area contributed by atoms with Gasteiger partial charge in [0.05, 0.1) is 5.25 Å². The lowest BCUT2D eigenvalue weighted by atomic mass is 9.69. The molecule has 2 aliphatic carbocycles. The average Bonchev–Trinajstić information content (AvgIpc) is 2.99. The second kappa shape index (κ2) is 3.68. The summed E-state index contributed by atoms with van der Waals surface area (Å²) < 4.78 is 26.5. The van der Waals surface area contributed by atoms with Gasteiger partial charge in [0.2, 0.25) is 10.0 Å². The minimum absolute atomic E-state index is 0.0752. The van der Waals surface area contributed by atoms with E-state index in [0.717, 1.165) is 38.8 Å². The summed E-state index contributed by atoms with van der Waals surface area (Å²) in [5, 5.41) is 3.25. The first-order valence-electron chi connectivity index (χ1n) is 6.32. The summed E-state index contributed by atoms with van der Waals surface area (Å²) in [6.07, 6.45) is 6.11. The highest BCUT2D eigenvalue weighted by atomic mass is 32.2. The lowest BCUT2D eigenvalue weighted by Gasteiger charge is -2.47. The number of hydrogen-bond acceptors (Lipinski definition) is 3. The third kappa shape index (κ3) is 2.00. The molecule has 5 heteroatoms. The first kappa shape index (κ1) is 11.0. The predicted octanol–water partition coefficient (Wildman–Crippen LogP) is 0.600. The molecule has 3 rings (SSSR count). The van der Waals surface area contributed by atoms with Crippen LogP contribution in [0.25, 0.3) is 0 Å². The minimum Gasteiger partial charge on any atom is -0.316 e. The maximum Gasteiger partial charge on any atom is 0.214 e. The van der Waals surface area contributed by atoms with Crippen molar-refractivity contribution in [1.82, 2.24) is 10.0 Å². The Hall–Kier alpha value is -0.130. The number of sulfonamides is 1. The van der Waals surface area contributed by atoms with E-state index < -0.39 is 10.0 Å². The van der Waals surface area contributed by atoms with Crippen LogP contribution in [0.3, 0.4) is 0 Å². The number of rotatable bonds is 3. The maximum atomic E-state index is 11.8. The Morgan fingerprint density at radius 1 is 1.06 bits per heavy atom. The largest absolute Gasteiger partial charge is 0.316 e. The van der Waals surface area contributed by atoms with E-state index in [9.17, 15) is 8.42 Å². The quantitative estimate of drug-likeness (QED) is 0.764. The van der Waals surface area contributed by atoms with Gasteiger partial charge >= 0.3 is 0 Å². The molecular formula is C11H20N2O2S. The molecule has 16 heavy (non-hydrogen) atoms. The summed E-state index contributed by atoms with van der Waals surface area (Å²) in [4.78, 5) is 0. The molecule has 0 radical (unpaired) electrons. The minimum atomic E-state index is -2.98. The zero-order chi connectivity index (χ0) is 11.2. The molecule has 0 bridgehead atoms. The summed E-state index contributed by atoms with van der Waals surface area (Å²) in [6.45, 7) is 2.27. The molecule has 2 N–H and O–H groups in total. The van der Waals surface area contributed by atoms with Gasteiger partial charge in [-0.3, -0.25) is 0 Å². The molecule has 0 aromatic carbocycles. The van der Waals surface area contributed by atoms with Crippen molar-refractivity contribution in [2.75, 3.05) is 13.1 Å². The lowest BCUT2D eigenvalue weighted by Crippen LogP contribution is -2.56. The second-order valence-corrected chi connectivity index (χ2v) is 7.73. The molecular weight excluding hydrogens is 224 g/mol. The van der Waals surface area contributed by atoms with Crippen molar-refractivity contribution < 1.29 is 8.42 Å². The van der Waals surface area contributed by atoms with Crippen LogP contribution in [0.5, 0.6) is 0 Å². The van der Waals surface area contributed by atoms with Gasteiger partial charge in [-0.1, -0.05) is 0 Å². The Bertz CT molecular complexity index is 361. The van der Waals surface area contributed by atoms with Gasteiger partial charge in [0.25, 0.3) is 0 Å². The molecule has 0 unspecified atom stereocenters. The normalized spacial score (nSPS) is 30.2. The Balaban J connectivity index is 1.54. The Kier molecular flexibility index (Phi) is 2.53. The van der Waals surface area contributed by atoms with Gasteiger partial charge in [0.1, 0.15) is 0 Å². The summed E-state index contributed by atoms with van der Waals surface area (Å²) >= 11 is 0. The fourth-order valence-electron chi connectivity index (χ4n) is 2.89. The van der Waals surface area contributed by atoms with E-state index in [1.54, 1.807) is 0 Å². The summed E-state index contributed by atoms with van der Waals surface area (Å²) in [5.41, 5.74) is 0.515. The van der Waals surface area contributed by atoms with Crippen LogP contribution in [0, 0.1) is 5.41 Å². The molecule has 92 valence electrons. The van der Waals surface area contributed by atoms with Gasteiger partial charge in [0, 0.05) is 19.1 Å². The summed E-state index contributed by atoms with van der Waals surface area (Å²) in [5.74, 6) is 0. The van der Waals surface area contributed by atoms with Crippen molar-refractivity contribution in [3.05, 3.63) is 0 Å². The Labute approximate surface area is 97.2 Å². The standard InChI is InChI=1S/C11H20N2O2S/c14-16(15,10-1-2-10)13-9-3-5-11(6-4-9)7-12-8-11/h9-10,12-13H,1-8H2.